The third kappa shape index (κ3) is 3.02. The molecule has 1 saturated carbocycles. The minimum absolute atomic E-state index is 0.00462. The minimum Gasteiger partial charge on any atom is -0.352 e. The van der Waals surface area contributed by atoms with E-state index in [1.807, 2.05) is 18.2 Å². The lowest BCUT2D eigenvalue weighted by atomic mass is 10.1. The number of rotatable bonds is 3. The lowest BCUT2D eigenvalue weighted by Crippen LogP contribution is -2.37. The topological polar surface area (TPSA) is 52.9 Å². The van der Waals surface area contributed by atoms with Gasteiger partial charge in [0.25, 0.3) is 0 Å². The fraction of sp³-hybridized carbons (Fsp3) is 0.429. The molecule has 1 aliphatic rings. The first-order chi connectivity index (χ1) is 8.70. The van der Waals surface area contributed by atoms with E-state index in [2.05, 4.69) is 11.4 Å². The molecule has 0 radical (unpaired) electrons. The second-order valence-corrected chi connectivity index (χ2v) is 5.02. The van der Waals surface area contributed by atoms with Gasteiger partial charge in [0.1, 0.15) is 0 Å². The quantitative estimate of drug-likeness (QED) is 0.911. The molecule has 0 saturated heterocycles. The van der Waals surface area contributed by atoms with Gasteiger partial charge in [0, 0.05) is 11.1 Å². The summed E-state index contributed by atoms with van der Waals surface area (Å²) >= 11 is 6.01. The van der Waals surface area contributed by atoms with Crippen LogP contribution in [0.4, 0.5) is 0 Å². The van der Waals surface area contributed by atoms with Crippen LogP contribution in [0.15, 0.2) is 24.3 Å². The first kappa shape index (κ1) is 12.9. The first-order valence-electron chi connectivity index (χ1n) is 6.13. The Bertz CT molecular complexity index is 481. The minimum atomic E-state index is -0.0600. The molecule has 3 nitrogen and oxygen atoms in total. The molecule has 94 valence electrons. The number of amides is 1. The molecule has 0 heterocycles. The molecule has 1 amide bonds. The van der Waals surface area contributed by atoms with Crippen LogP contribution in [0.25, 0.3) is 0 Å². The number of nitrogens with zero attached hydrogens (tertiary/aromatic N) is 1. The predicted octanol–water partition coefficient (Wildman–Crippen LogP) is 2.69. The molecular formula is C14H15ClN2O. The van der Waals surface area contributed by atoms with Crippen molar-refractivity contribution in [3.63, 3.8) is 0 Å². The predicted molar refractivity (Wildman–Crippen MR) is 70.0 cm³/mol. The summed E-state index contributed by atoms with van der Waals surface area (Å²) in [5.74, 6) is -0.101. The van der Waals surface area contributed by atoms with Crippen molar-refractivity contribution in [1.29, 1.82) is 5.26 Å². The van der Waals surface area contributed by atoms with Crippen molar-refractivity contribution in [3.8, 4) is 6.07 Å². The van der Waals surface area contributed by atoms with Gasteiger partial charge in [-0.25, -0.2) is 0 Å². The monoisotopic (exact) mass is 262 g/mol. The summed E-state index contributed by atoms with van der Waals surface area (Å²) < 4.78 is 0. The lowest BCUT2D eigenvalue weighted by molar-refractivity contribution is -0.121. The van der Waals surface area contributed by atoms with Crippen molar-refractivity contribution in [3.05, 3.63) is 34.9 Å². The zero-order valence-electron chi connectivity index (χ0n) is 10.0. The Balaban J connectivity index is 1.94. The Hall–Kier alpha value is -1.53. The fourth-order valence-electron chi connectivity index (χ4n) is 2.36. The molecule has 2 unspecified atom stereocenters. The largest absolute Gasteiger partial charge is 0.352 e. The number of carbonyl (C=O) groups excluding carboxylic acids is 1. The first-order valence-corrected chi connectivity index (χ1v) is 6.51. The van der Waals surface area contributed by atoms with Gasteiger partial charge >= 0.3 is 0 Å². The number of benzene rings is 1. The summed E-state index contributed by atoms with van der Waals surface area (Å²) in [6.07, 6.45) is 3.06. The summed E-state index contributed by atoms with van der Waals surface area (Å²) in [4.78, 5) is 11.9. The van der Waals surface area contributed by atoms with Crippen LogP contribution in [0.3, 0.4) is 0 Å². The van der Waals surface area contributed by atoms with Crippen molar-refractivity contribution in [2.75, 3.05) is 0 Å². The van der Waals surface area contributed by atoms with Crippen LogP contribution in [0.1, 0.15) is 24.8 Å². The maximum absolute atomic E-state index is 11.9. The molecule has 1 fully saturated rings. The van der Waals surface area contributed by atoms with E-state index in [0.29, 0.717) is 5.02 Å². The molecule has 1 N–H and O–H groups in total. The zero-order chi connectivity index (χ0) is 13.0. The van der Waals surface area contributed by atoms with Gasteiger partial charge in [-0.15, -0.1) is 0 Å². The summed E-state index contributed by atoms with van der Waals surface area (Å²) in [6, 6.07) is 9.58. The number of carbonyl (C=O) groups is 1. The molecule has 0 aliphatic heterocycles. The van der Waals surface area contributed by atoms with Gasteiger partial charge in [0.05, 0.1) is 18.4 Å². The van der Waals surface area contributed by atoms with Crippen LogP contribution in [0, 0.1) is 17.2 Å². The summed E-state index contributed by atoms with van der Waals surface area (Å²) in [7, 11) is 0. The molecule has 1 aliphatic carbocycles. The lowest BCUT2D eigenvalue weighted by Gasteiger charge is -2.15. The van der Waals surface area contributed by atoms with Crippen LogP contribution in [-0.2, 0) is 11.2 Å². The molecule has 1 aromatic rings. The second-order valence-electron chi connectivity index (χ2n) is 4.61. The SMILES string of the molecule is N#CC1CCCC1NC(=O)Cc1ccccc1Cl. The van der Waals surface area contributed by atoms with E-state index in [4.69, 9.17) is 16.9 Å². The van der Waals surface area contributed by atoms with E-state index in [-0.39, 0.29) is 24.3 Å². The van der Waals surface area contributed by atoms with Crippen molar-refractivity contribution in [2.24, 2.45) is 5.92 Å². The average Bonchev–Trinajstić information content (AvgIpc) is 2.79. The van der Waals surface area contributed by atoms with E-state index in [0.717, 1.165) is 24.8 Å². The van der Waals surface area contributed by atoms with Crippen molar-refractivity contribution in [1.82, 2.24) is 5.32 Å². The van der Waals surface area contributed by atoms with Crippen LogP contribution in [-0.4, -0.2) is 11.9 Å². The second kappa shape index (κ2) is 5.88. The van der Waals surface area contributed by atoms with E-state index in [1.54, 1.807) is 6.07 Å². The molecule has 0 aromatic heterocycles. The molecule has 0 bridgehead atoms. The van der Waals surface area contributed by atoms with E-state index >= 15 is 0 Å². The summed E-state index contributed by atoms with van der Waals surface area (Å²) in [5, 5.41) is 12.5. The van der Waals surface area contributed by atoms with Gasteiger partial charge in [-0.1, -0.05) is 29.8 Å². The van der Waals surface area contributed by atoms with Gasteiger partial charge in [-0.2, -0.15) is 5.26 Å². The number of nitriles is 1. The molecular weight excluding hydrogens is 248 g/mol. The van der Waals surface area contributed by atoms with Crippen LogP contribution in [0.2, 0.25) is 5.02 Å². The Morgan fingerprint density at radius 2 is 2.22 bits per heavy atom. The van der Waals surface area contributed by atoms with Crippen molar-refractivity contribution >= 4 is 17.5 Å². The maximum atomic E-state index is 11.9. The number of nitrogens with one attached hydrogen (secondary N) is 1. The van der Waals surface area contributed by atoms with Gasteiger partial charge in [-0.05, 0) is 30.9 Å². The van der Waals surface area contributed by atoms with Gasteiger partial charge in [0.2, 0.25) is 5.91 Å². The van der Waals surface area contributed by atoms with Gasteiger partial charge in [0.15, 0.2) is 0 Å². The highest BCUT2D eigenvalue weighted by Gasteiger charge is 2.28. The third-order valence-corrected chi connectivity index (χ3v) is 3.71. The smallest absolute Gasteiger partial charge is 0.224 e. The average molecular weight is 263 g/mol. The number of halogens is 1. The van der Waals surface area contributed by atoms with Gasteiger partial charge in [-0.3, -0.25) is 4.79 Å². The summed E-state index contributed by atoms with van der Waals surface area (Å²) in [6.45, 7) is 0. The highest BCUT2D eigenvalue weighted by molar-refractivity contribution is 6.31. The van der Waals surface area contributed by atoms with Gasteiger partial charge < -0.3 is 5.32 Å². The van der Waals surface area contributed by atoms with Crippen LogP contribution < -0.4 is 5.32 Å². The summed E-state index contributed by atoms with van der Waals surface area (Å²) in [5.41, 5.74) is 0.822. The van der Waals surface area contributed by atoms with Crippen LogP contribution in [0.5, 0.6) is 0 Å². The maximum Gasteiger partial charge on any atom is 0.224 e. The standard InChI is InChI=1S/C14H15ClN2O/c15-12-6-2-1-4-10(12)8-14(18)17-13-7-3-5-11(13)9-16/h1-2,4,6,11,13H,3,5,7-8H2,(H,17,18). The van der Waals surface area contributed by atoms with E-state index < -0.39 is 0 Å². The third-order valence-electron chi connectivity index (χ3n) is 3.34. The highest BCUT2D eigenvalue weighted by atomic mass is 35.5. The van der Waals surface area contributed by atoms with Crippen LogP contribution >= 0.6 is 11.6 Å². The molecule has 2 rings (SSSR count). The zero-order valence-corrected chi connectivity index (χ0v) is 10.8. The molecule has 18 heavy (non-hydrogen) atoms. The molecule has 0 spiro atoms. The van der Waals surface area contributed by atoms with Crippen molar-refractivity contribution in [2.45, 2.75) is 31.7 Å². The molecule has 1 aromatic carbocycles. The fourth-order valence-corrected chi connectivity index (χ4v) is 2.56. The Kier molecular flexibility index (Phi) is 4.22. The molecule has 4 heteroatoms. The number of hydrogen-bond donors (Lipinski definition) is 1. The Morgan fingerprint density at radius 3 is 2.94 bits per heavy atom. The normalized spacial score (nSPS) is 22.4. The Morgan fingerprint density at radius 1 is 1.44 bits per heavy atom. The molecule has 2 atom stereocenters. The Labute approximate surface area is 112 Å². The highest BCUT2D eigenvalue weighted by Crippen LogP contribution is 2.25. The van der Waals surface area contributed by atoms with E-state index in [9.17, 15) is 4.79 Å². The van der Waals surface area contributed by atoms with E-state index in [1.165, 1.54) is 0 Å². The number of hydrogen-bond acceptors (Lipinski definition) is 2. The van der Waals surface area contributed by atoms with Crippen molar-refractivity contribution < 1.29 is 4.79 Å².